The van der Waals surface area contributed by atoms with Crippen molar-refractivity contribution in [3.8, 4) is 11.1 Å². The molecule has 2 aliphatic rings. The van der Waals surface area contributed by atoms with Crippen molar-refractivity contribution in [2.45, 2.75) is 71.1 Å². The lowest BCUT2D eigenvalue weighted by Gasteiger charge is -2.33. The van der Waals surface area contributed by atoms with Crippen LogP contribution in [-0.4, -0.2) is 17.5 Å². The summed E-state index contributed by atoms with van der Waals surface area (Å²) in [6, 6.07) is 13.0. The summed E-state index contributed by atoms with van der Waals surface area (Å²) in [6.45, 7) is 5.76. The summed E-state index contributed by atoms with van der Waals surface area (Å²) in [5.74, 6) is -0.634. The van der Waals surface area contributed by atoms with Crippen molar-refractivity contribution in [2.75, 3.05) is 0 Å². The van der Waals surface area contributed by atoms with E-state index in [9.17, 15) is 9.59 Å². The van der Waals surface area contributed by atoms with Crippen LogP contribution in [0.3, 0.4) is 0 Å². The average molecular weight is 404 g/mol. The highest BCUT2D eigenvalue weighted by Gasteiger charge is 2.43. The first-order valence-corrected chi connectivity index (χ1v) is 11.1. The lowest BCUT2D eigenvalue weighted by atomic mass is 9.70. The fourth-order valence-electron chi connectivity index (χ4n) is 5.13. The average Bonchev–Trinajstić information content (AvgIpc) is 3.20. The van der Waals surface area contributed by atoms with Gasteiger partial charge >= 0.3 is 5.97 Å². The zero-order chi connectivity index (χ0) is 21.3. The van der Waals surface area contributed by atoms with Crippen LogP contribution in [0.2, 0.25) is 0 Å². The molecule has 0 saturated carbocycles. The Labute approximate surface area is 178 Å². The van der Waals surface area contributed by atoms with Crippen molar-refractivity contribution in [1.82, 2.24) is 0 Å². The summed E-state index contributed by atoms with van der Waals surface area (Å²) < 4.78 is 0. The van der Waals surface area contributed by atoms with Crippen molar-refractivity contribution in [3.05, 3.63) is 58.7 Å². The summed E-state index contributed by atoms with van der Waals surface area (Å²) >= 11 is 0. The summed E-state index contributed by atoms with van der Waals surface area (Å²) in [5.41, 5.74) is 7.19. The molecule has 156 valence electrons. The van der Waals surface area contributed by atoms with Gasteiger partial charge in [0.15, 0.2) is 0 Å². The third-order valence-corrected chi connectivity index (χ3v) is 6.55. The Hall–Kier alpha value is -2.75. The second-order valence-corrected chi connectivity index (χ2v) is 8.52. The van der Waals surface area contributed by atoms with Crippen molar-refractivity contribution < 1.29 is 14.4 Å². The molecule has 0 atom stereocenters. The number of nitrogens with zero attached hydrogens (tertiary/aromatic N) is 1. The molecule has 0 aliphatic heterocycles. The van der Waals surface area contributed by atoms with Crippen LogP contribution in [0.4, 0.5) is 0 Å². The second kappa shape index (κ2) is 8.17. The number of ketones is 1. The first-order valence-electron chi connectivity index (χ1n) is 11.1. The number of unbranched alkanes of at least 4 members (excludes halogenated alkanes) is 2. The van der Waals surface area contributed by atoms with Crippen LogP contribution in [0.1, 0.15) is 86.3 Å². The van der Waals surface area contributed by atoms with Crippen LogP contribution < -0.4 is 0 Å². The summed E-state index contributed by atoms with van der Waals surface area (Å²) in [4.78, 5) is 28.9. The Morgan fingerprint density at radius 1 is 1.00 bits per heavy atom. The minimum absolute atomic E-state index is 0.0387. The monoisotopic (exact) mass is 403 g/mol. The van der Waals surface area contributed by atoms with E-state index >= 15 is 0 Å². The van der Waals surface area contributed by atoms with E-state index in [1.54, 1.807) is 0 Å². The molecule has 30 heavy (non-hydrogen) atoms. The van der Waals surface area contributed by atoms with Gasteiger partial charge in [0, 0.05) is 24.3 Å². The lowest BCUT2D eigenvalue weighted by molar-refractivity contribution is -0.140. The molecule has 0 aromatic heterocycles. The fourth-order valence-corrected chi connectivity index (χ4v) is 5.13. The van der Waals surface area contributed by atoms with Gasteiger partial charge in [-0.25, -0.2) is 4.79 Å². The standard InChI is InChI=1S/C26H29NO3/c1-4-6-12-26(13-7-5-2)22-11-9-8-10-19(22)21-14-18-15-24(27-30-17(3)28)25(29)20(18)16-23(21)26/h8-11,14,16H,4-7,12-13,15H2,1-3H3/b27-24+. The van der Waals surface area contributed by atoms with Crippen molar-refractivity contribution >= 4 is 17.5 Å². The smallest absolute Gasteiger partial charge is 0.318 e. The number of rotatable bonds is 7. The Bertz CT molecular complexity index is 1030. The quantitative estimate of drug-likeness (QED) is 0.421. The molecule has 0 saturated heterocycles. The predicted octanol–water partition coefficient (Wildman–Crippen LogP) is 5.99. The van der Waals surface area contributed by atoms with E-state index in [1.165, 1.54) is 29.2 Å². The Morgan fingerprint density at radius 3 is 2.37 bits per heavy atom. The van der Waals surface area contributed by atoms with Crippen LogP contribution >= 0.6 is 0 Å². The largest absolute Gasteiger partial charge is 0.331 e. The van der Waals surface area contributed by atoms with Gasteiger partial charge in [0.1, 0.15) is 5.71 Å². The maximum atomic E-state index is 13.0. The topological polar surface area (TPSA) is 55.7 Å². The molecule has 0 bridgehead atoms. The number of hydrogen-bond acceptors (Lipinski definition) is 4. The highest BCUT2D eigenvalue weighted by Crippen LogP contribution is 2.55. The zero-order valence-corrected chi connectivity index (χ0v) is 18.1. The molecule has 4 nitrogen and oxygen atoms in total. The van der Waals surface area contributed by atoms with E-state index in [4.69, 9.17) is 4.84 Å². The van der Waals surface area contributed by atoms with Crippen LogP contribution in [0, 0.1) is 0 Å². The van der Waals surface area contributed by atoms with Crippen LogP contribution in [0.5, 0.6) is 0 Å². The number of oxime groups is 1. The van der Waals surface area contributed by atoms with Crippen LogP contribution in [0.15, 0.2) is 41.6 Å². The van der Waals surface area contributed by atoms with E-state index in [1.807, 2.05) is 0 Å². The number of carbonyl (C=O) groups excluding carboxylic acids is 2. The molecule has 0 amide bonds. The number of Topliss-reactive ketones (excluding diaryl/α,β-unsaturated/α-hetero) is 1. The van der Waals surface area contributed by atoms with Gasteiger partial charge < -0.3 is 4.84 Å². The summed E-state index contributed by atoms with van der Waals surface area (Å²) in [6.07, 6.45) is 7.20. The highest BCUT2D eigenvalue weighted by atomic mass is 16.7. The molecule has 0 radical (unpaired) electrons. The summed E-state index contributed by atoms with van der Waals surface area (Å²) in [7, 11) is 0. The molecule has 2 aromatic carbocycles. The molecular weight excluding hydrogens is 374 g/mol. The normalized spacial score (nSPS) is 17.0. The molecule has 2 aromatic rings. The van der Waals surface area contributed by atoms with Gasteiger partial charge in [-0.05, 0) is 52.8 Å². The van der Waals surface area contributed by atoms with Crippen molar-refractivity contribution in [3.63, 3.8) is 0 Å². The van der Waals surface area contributed by atoms with Gasteiger partial charge in [0.05, 0.1) is 0 Å². The van der Waals surface area contributed by atoms with E-state index in [0.717, 1.165) is 44.1 Å². The minimum Gasteiger partial charge on any atom is -0.318 e. The Kier molecular flexibility index (Phi) is 5.59. The minimum atomic E-state index is -0.513. The first-order chi connectivity index (χ1) is 14.5. The molecule has 0 unspecified atom stereocenters. The van der Waals surface area contributed by atoms with E-state index in [-0.39, 0.29) is 11.2 Å². The van der Waals surface area contributed by atoms with E-state index < -0.39 is 5.97 Å². The van der Waals surface area contributed by atoms with Crippen LogP contribution in [0.25, 0.3) is 11.1 Å². The molecule has 0 heterocycles. The maximum absolute atomic E-state index is 13.0. The molecule has 4 heteroatoms. The van der Waals surface area contributed by atoms with Crippen molar-refractivity contribution in [1.29, 1.82) is 0 Å². The van der Waals surface area contributed by atoms with Gasteiger partial charge in [-0.15, -0.1) is 0 Å². The van der Waals surface area contributed by atoms with E-state index in [0.29, 0.717) is 17.7 Å². The predicted molar refractivity (Wildman–Crippen MR) is 119 cm³/mol. The molecular formula is C26H29NO3. The first kappa shape index (κ1) is 20.5. The van der Waals surface area contributed by atoms with Gasteiger partial charge in [-0.2, -0.15) is 0 Å². The second-order valence-electron chi connectivity index (χ2n) is 8.52. The number of carbonyl (C=O) groups is 2. The Balaban J connectivity index is 1.86. The SMILES string of the molecule is CCCCC1(CCCC)c2ccccc2-c2cc3c(cc21)C(=O)/C(=N/OC(C)=O)C3. The molecule has 4 rings (SSSR count). The maximum Gasteiger partial charge on any atom is 0.331 e. The third kappa shape index (κ3) is 3.28. The lowest BCUT2D eigenvalue weighted by Crippen LogP contribution is -2.25. The number of fused-ring (bicyclic) bond motifs is 4. The third-order valence-electron chi connectivity index (χ3n) is 6.55. The molecule has 0 N–H and O–H groups in total. The molecule has 0 fully saturated rings. The van der Waals surface area contributed by atoms with Crippen molar-refractivity contribution in [2.24, 2.45) is 5.16 Å². The zero-order valence-electron chi connectivity index (χ0n) is 18.1. The van der Waals surface area contributed by atoms with Crippen LogP contribution in [-0.2, 0) is 21.5 Å². The number of benzene rings is 2. The number of hydrogen-bond donors (Lipinski definition) is 0. The van der Waals surface area contributed by atoms with E-state index in [2.05, 4.69) is 55.4 Å². The Morgan fingerprint density at radius 2 is 1.70 bits per heavy atom. The highest BCUT2D eigenvalue weighted by molar-refractivity contribution is 6.49. The fraction of sp³-hybridized carbons (Fsp3) is 0.423. The summed E-state index contributed by atoms with van der Waals surface area (Å²) in [5, 5.41) is 3.82. The van der Waals surface area contributed by atoms with Gasteiger partial charge in [0.25, 0.3) is 0 Å². The molecule has 2 aliphatic carbocycles. The van der Waals surface area contributed by atoms with Gasteiger partial charge in [0.2, 0.25) is 5.78 Å². The molecule has 0 spiro atoms. The van der Waals surface area contributed by atoms with Gasteiger partial charge in [-0.1, -0.05) is 69.0 Å². The van der Waals surface area contributed by atoms with Gasteiger partial charge in [-0.3, -0.25) is 4.79 Å².